The van der Waals surface area contributed by atoms with Gasteiger partial charge < -0.3 is 10.1 Å². The molecule has 11 heteroatoms. The van der Waals surface area contributed by atoms with Crippen molar-refractivity contribution in [1.29, 1.82) is 0 Å². The van der Waals surface area contributed by atoms with Crippen LogP contribution in [0.15, 0.2) is 53.4 Å². The lowest BCUT2D eigenvalue weighted by Crippen LogP contribution is -2.19. The Morgan fingerprint density at radius 2 is 1.97 bits per heavy atom. The molecule has 0 spiro atoms. The first-order valence-electron chi connectivity index (χ1n) is 9.55. The van der Waals surface area contributed by atoms with Crippen LogP contribution in [0.1, 0.15) is 12.1 Å². The second-order valence-electron chi connectivity index (χ2n) is 6.96. The lowest BCUT2D eigenvalue weighted by atomic mass is 10.3. The number of aromatic nitrogens is 3. The normalized spacial score (nSPS) is 11.6. The molecule has 0 saturated heterocycles. The van der Waals surface area contributed by atoms with Gasteiger partial charge in [0.1, 0.15) is 22.9 Å². The largest absolute Gasteiger partial charge is 0.497 e. The van der Waals surface area contributed by atoms with E-state index in [4.69, 9.17) is 4.74 Å². The van der Waals surface area contributed by atoms with Crippen LogP contribution in [-0.4, -0.2) is 42.0 Å². The van der Waals surface area contributed by atoms with E-state index in [0.717, 1.165) is 0 Å². The molecule has 1 amide bonds. The van der Waals surface area contributed by atoms with Crippen LogP contribution in [0.3, 0.4) is 0 Å². The Labute approximate surface area is 187 Å². The second-order valence-corrected chi connectivity index (χ2v) is 10.1. The summed E-state index contributed by atoms with van der Waals surface area (Å²) >= 11 is 1.23. The summed E-state index contributed by atoms with van der Waals surface area (Å²) in [6.45, 7) is 1.74. The molecule has 166 valence electrons. The van der Waals surface area contributed by atoms with Crippen LogP contribution >= 0.6 is 11.3 Å². The Kier molecular flexibility index (Phi) is 5.94. The van der Waals surface area contributed by atoms with Gasteiger partial charge in [0.25, 0.3) is 0 Å². The number of amides is 1. The van der Waals surface area contributed by atoms with Crippen molar-refractivity contribution >= 4 is 43.1 Å². The van der Waals surface area contributed by atoms with Gasteiger partial charge in [-0.2, -0.15) is 9.78 Å². The number of para-hydroxylation sites is 1. The van der Waals surface area contributed by atoms with Crippen molar-refractivity contribution in [1.82, 2.24) is 14.8 Å². The van der Waals surface area contributed by atoms with Crippen LogP contribution in [0.5, 0.6) is 5.75 Å². The maximum absolute atomic E-state index is 14.0. The monoisotopic (exact) mass is 474 g/mol. The van der Waals surface area contributed by atoms with Gasteiger partial charge >= 0.3 is 0 Å². The van der Waals surface area contributed by atoms with Crippen molar-refractivity contribution in [3.05, 3.63) is 60.0 Å². The zero-order chi connectivity index (χ0) is 22.9. The highest BCUT2D eigenvalue weighted by atomic mass is 32.2. The molecule has 2 aromatic carbocycles. The number of ether oxygens (including phenoxy) is 1. The van der Waals surface area contributed by atoms with Gasteiger partial charge in [0.05, 0.1) is 28.2 Å². The fraction of sp³-hybridized carbons (Fsp3) is 0.190. The lowest BCUT2D eigenvalue weighted by Gasteiger charge is -2.08. The third-order valence-corrected chi connectivity index (χ3v) is 7.38. The number of thiazole rings is 1. The summed E-state index contributed by atoms with van der Waals surface area (Å²) in [6.07, 6.45) is -0.243. The summed E-state index contributed by atoms with van der Waals surface area (Å²) in [5, 5.41) is 7.40. The molecule has 0 fully saturated rings. The van der Waals surface area contributed by atoms with Crippen LogP contribution in [0.2, 0.25) is 0 Å². The highest BCUT2D eigenvalue weighted by Crippen LogP contribution is 2.28. The Bertz CT molecular complexity index is 1400. The van der Waals surface area contributed by atoms with E-state index in [1.807, 2.05) is 0 Å². The first-order valence-corrected chi connectivity index (χ1v) is 12.0. The van der Waals surface area contributed by atoms with E-state index in [1.54, 1.807) is 37.3 Å². The quantitative estimate of drug-likeness (QED) is 0.438. The van der Waals surface area contributed by atoms with Crippen molar-refractivity contribution in [2.45, 2.75) is 18.2 Å². The van der Waals surface area contributed by atoms with Crippen LogP contribution in [0.4, 0.5) is 10.2 Å². The molecule has 0 aliphatic rings. The Hall–Kier alpha value is -3.31. The molecule has 2 heterocycles. The number of carbonyl (C=O) groups excluding carboxylic acids is 1. The van der Waals surface area contributed by atoms with Crippen molar-refractivity contribution in [3.8, 4) is 10.9 Å². The minimum Gasteiger partial charge on any atom is -0.497 e. The number of nitrogens with one attached hydrogen (secondary N) is 1. The van der Waals surface area contributed by atoms with Gasteiger partial charge in [-0.1, -0.05) is 17.4 Å². The van der Waals surface area contributed by atoms with Gasteiger partial charge in [-0.05, 0) is 43.3 Å². The van der Waals surface area contributed by atoms with Gasteiger partial charge in [-0.3, -0.25) is 4.79 Å². The van der Waals surface area contributed by atoms with E-state index in [9.17, 15) is 17.6 Å². The maximum atomic E-state index is 14.0. The highest BCUT2D eigenvalue weighted by molar-refractivity contribution is 7.91. The molecule has 4 rings (SSSR count). The molecule has 8 nitrogen and oxygen atoms in total. The molecular weight excluding hydrogens is 455 g/mol. The SMILES string of the molecule is COc1ccc(S(=O)(=O)CCC(=O)Nc2cc(C)nn2-c2nc3c(F)cccc3s2)cc1. The average Bonchev–Trinajstić information content (AvgIpc) is 3.36. The maximum Gasteiger partial charge on any atom is 0.226 e. The fourth-order valence-electron chi connectivity index (χ4n) is 3.06. The molecule has 0 unspecified atom stereocenters. The van der Waals surface area contributed by atoms with Crippen LogP contribution in [0, 0.1) is 12.7 Å². The van der Waals surface area contributed by atoms with Gasteiger partial charge in [-0.15, -0.1) is 0 Å². The Morgan fingerprint density at radius 3 is 2.66 bits per heavy atom. The number of fused-ring (bicyclic) bond motifs is 1. The molecule has 0 aliphatic carbocycles. The number of methoxy groups -OCH3 is 1. The van der Waals surface area contributed by atoms with E-state index in [0.29, 0.717) is 27.1 Å². The van der Waals surface area contributed by atoms with Crippen molar-refractivity contribution in [2.24, 2.45) is 0 Å². The average molecular weight is 475 g/mol. The topological polar surface area (TPSA) is 103 Å². The minimum absolute atomic E-state index is 0.114. The number of carbonyl (C=O) groups is 1. The van der Waals surface area contributed by atoms with E-state index >= 15 is 0 Å². The van der Waals surface area contributed by atoms with E-state index in [-0.39, 0.29) is 22.6 Å². The molecular formula is C21H19FN4O4S2. The number of aryl methyl sites for hydroxylation is 1. The fourth-order valence-corrected chi connectivity index (χ4v) is 5.25. The van der Waals surface area contributed by atoms with Gasteiger partial charge in [-0.25, -0.2) is 17.8 Å². The highest BCUT2D eigenvalue weighted by Gasteiger charge is 2.19. The van der Waals surface area contributed by atoms with Gasteiger partial charge in [0.15, 0.2) is 9.84 Å². The number of hydrogen-bond donors (Lipinski definition) is 1. The summed E-state index contributed by atoms with van der Waals surface area (Å²) in [7, 11) is -2.15. The zero-order valence-corrected chi connectivity index (χ0v) is 18.8. The molecule has 0 radical (unpaired) electrons. The zero-order valence-electron chi connectivity index (χ0n) is 17.2. The summed E-state index contributed by atoms with van der Waals surface area (Å²) in [5.74, 6) is -0.419. The van der Waals surface area contributed by atoms with E-state index < -0.39 is 21.6 Å². The van der Waals surface area contributed by atoms with Crippen molar-refractivity contribution < 1.29 is 22.3 Å². The number of benzene rings is 2. The first kappa shape index (κ1) is 21.9. The van der Waals surface area contributed by atoms with Crippen LogP contribution < -0.4 is 10.1 Å². The predicted octanol–water partition coefficient (Wildman–Crippen LogP) is 3.74. The molecule has 1 N–H and O–H groups in total. The third-order valence-electron chi connectivity index (χ3n) is 4.66. The molecule has 0 bridgehead atoms. The third kappa shape index (κ3) is 4.48. The van der Waals surface area contributed by atoms with E-state index in [2.05, 4.69) is 15.4 Å². The smallest absolute Gasteiger partial charge is 0.226 e. The number of hydrogen-bond acceptors (Lipinski definition) is 7. The number of anilines is 1. The first-order chi connectivity index (χ1) is 15.3. The molecule has 2 aromatic heterocycles. The van der Waals surface area contributed by atoms with Gasteiger partial charge in [0, 0.05) is 12.5 Å². The number of halogens is 1. The van der Waals surface area contributed by atoms with Gasteiger partial charge in [0.2, 0.25) is 11.0 Å². The van der Waals surface area contributed by atoms with Crippen LogP contribution in [0.25, 0.3) is 15.3 Å². The summed E-state index contributed by atoms with van der Waals surface area (Å²) in [6, 6.07) is 12.3. The Morgan fingerprint density at radius 1 is 1.22 bits per heavy atom. The number of rotatable bonds is 7. The molecule has 32 heavy (non-hydrogen) atoms. The molecule has 4 aromatic rings. The van der Waals surface area contributed by atoms with Crippen LogP contribution in [-0.2, 0) is 14.6 Å². The second kappa shape index (κ2) is 8.67. The number of sulfone groups is 1. The summed E-state index contributed by atoms with van der Waals surface area (Å²) in [5.41, 5.74) is 0.842. The predicted molar refractivity (Wildman–Crippen MR) is 120 cm³/mol. The lowest BCUT2D eigenvalue weighted by molar-refractivity contribution is -0.115. The minimum atomic E-state index is -3.64. The summed E-state index contributed by atoms with van der Waals surface area (Å²) in [4.78, 5) is 16.9. The van der Waals surface area contributed by atoms with Crippen molar-refractivity contribution in [3.63, 3.8) is 0 Å². The molecule has 0 atom stereocenters. The van der Waals surface area contributed by atoms with Crippen molar-refractivity contribution in [2.75, 3.05) is 18.2 Å². The van der Waals surface area contributed by atoms with E-state index in [1.165, 1.54) is 41.3 Å². The summed E-state index contributed by atoms with van der Waals surface area (Å²) < 4.78 is 46.2. The molecule has 0 aliphatic heterocycles. The number of nitrogens with zero attached hydrogens (tertiary/aromatic N) is 3. The standard InChI is InChI=1S/C21H19FN4O4S2/c1-13-12-18(26(25-13)21-24-20-16(22)4-3-5-17(20)31-21)23-19(27)10-11-32(28,29)15-8-6-14(30-2)7-9-15/h3-9,12H,10-11H2,1-2H3,(H,23,27). The Balaban J connectivity index is 1.49. The molecule has 0 saturated carbocycles.